The third-order valence-corrected chi connectivity index (χ3v) is 6.33. The molecule has 0 heterocycles. The maximum atomic E-state index is 13.0. The van der Waals surface area contributed by atoms with Gasteiger partial charge in [0.2, 0.25) is 15.9 Å². The van der Waals surface area contributed by atoms with Crippen molar-refractivity contribution in [3.63, 3.8) is 0 Å². The van der Waals surface area contributed by atoms with Gasteiger partial charge in [-0.05, 0) is 38.1 Å². The first-order chi connectivity index (χ1) is 14.2. The Balaban J connectivity index is 2.19. The van der Waals surface area contributed by atoms with Crippen LogP contribution in [-0.2, 0) is 21.4 Å². The summed E-state index contributed by atoms with van der Waals surface area (Å²) in [7, 11) is -0.717. The van der Waals surface area contributed by atoms with Crippen molar-refractivity contribution in [3.8, 4) is 11.5 Å². The number of rotatable bonds is 10. The van der Waals surface area contributed by atoms with Crippen LogP contribution < -0.4 is 14.2 Å². The Morgan fingerprint density at radius 2 is 1.80 bits per heavy atom. The number of nitrogens with one attached hydrogen (secondary N) is 1. The minimum absolute atomic E-state index is 0.116. The van der Waals surface area contributed by atoms with Gasteiger partial charge >= 0.3 is 0 Å². The van der Waals surface area contributed by atoms with Crippen molar-refractivity contribution in [2.75, 3.05) is 26.5 Å². The summed E-state index contributed by atoms with van der Waals surface area (Å²) in [6.07, 6.45) is 0. The molecule has 0 fully saturated rings. The van der Waals surface area contributed by atoms with Crippen LogP contribution in [0.25, 0.3) is 0 Å². The van der Waals surface area contributed by atoms with Crippen LogP contribution in [0.2, 0.25) is 0 Å². The lowest BCUT2D eigenvalue weighted by atomic mass is 10.1. The van der Waals surface area contributed by atoms with E-state index in [0.717, 1.165) is 11.1 Å². The number of aryl methyl sites for hydroxylation is 1. The van der Waals surface area contributed by atoms with E-state index in [1.54, 1.807) is 43.4 Å². The van der Waals surface area contributed by atoms with Gasteiger partial charge < -0.3 is 14.4 Å². The molecule has 1 N–H and O–H groups in total. The first-order valence-electron chi connectivity index (χ1n) is 9.41. The zero-order valence-electron chi connectivity index (χ0n) is 17.6. The Kier molecular flexibility index (Phi) is 8.57. The van der Waals surface area contributed by atoms with Crippen LogP contribution in [0, 0.1) is 6.92 Å². The lowest BCUT2D eigenvalue weighted by molar-refractivity contribution is -0.132. The van der Waals surface area contributed by atoms with Gasteiger partial charge in [-0.3, -0.25) is 4.79 Å². The highest BCUT2D eigenvalue weighted by atomic mass is 32.2. The molecule has 2 aromatic rings. The van der Waals surface area contributed by atoms with Gasteiger partial charge in [0.1, 0.15) is 11.5 Å². The fourth-order valence-electron chi connectivity index (χ4n) is 2.92. The summed E-state index contributed by atoms with van der Waals surface area (Å²) in [6, 6.07) is 10.9. The number of thiol groups is 1. The average molecular weight is 453 g/mol. The molecule has 0 saturated heterocycles. The molecule has 1 atom stereocenters. The van der Waals surface area contributed by atoms with Crippen molar-refractivity contribution in [2.45, 2.75) is 31.3 Å². The third-order valence-electron chi connectivity index (χ3n) is 4.57. The van der Waals surface area contributed by atoms with Crippen LogP contribution in [0.15, 0.2) is 47.4 Å². The quantitative estimate of drug-likeness (QED) is 0.542. The van der Waals surface area contributed by atoms with E-state index in [2.05, 4.69) is 17.4 Å². The van der Waals surface area contributed by atoms with Crippen molar-refractivity contribution in [1.82, 2.24) is 9.62 Å². The van der Waals surface area contributed by atoms with E-state index in [1.165, 1.54) is 19.1 Å². The zero-order valence-corrected chi connectivity index (χ0v) is 19.3. The molecule has 2 rings (SSSR count). The van der Waals surface area contributed by atoms with E-state index in [4.69, 9.17) is 9.47 Å². The predicted molar refractivity (Wildman–Crippen MR) is 120 cm³/mol. The van der Waals surface area contributed by atoms with Gasteiger partial charge in [-0.25, -0.2) is 8.42 Å². The molecule has 0 aliphatic carbocycles. The molecule has 0 bridgehead atoms. The molecule has 0 aliphatic rings. The largest absolute Gasteiger partial charge is 0.497 e. The minimum Gasteiger partial charge on any atom is -0.497 e. The van der Waals surface area contributed by atoms with Gasteiger partial charge in [0.25, 0.3) is 0 Å². The monoisotopic (exact) mass is 452 g/mol. The fraction of sp³-hybridized carbons (Fsp3) is 0.381. The zero-order chi connectivity index (χ0) is 22.3. The molecule has 7 nitrogen and oxygen atoms in total. The molecular weight excluding hydrogens is 424 g/mol. The van der Waals surface area contributed by atoms with Crippen LogP contribution in [0.3, 0.4) is 0 Å². The summed E-state index contributed by atoms with van der Waals surface area (Å²) in [5, 5.41) is 0. The third kappa shape index (κ3) is 6.13. The second kappa shape index (κ2) is 10.7. The fourth-order valence-corrected chi connectivity index (χ4v) is 4.36. The molecule has 164 valence electrons. The van der Waals surface area contributed by atoms with Crippen molar-refractivity contribution in [1.29, 1.82) is 0 Å². The van der Waals surface area contributed by atoms with Crippen molar-refractivity contribution >= 4 is 28.6 Å². The lowest BCUT2D eigenvalue weighted by Crippen LogP contribution is -2.47. The summed E-state index contributed by atoms with van der Waals surface area (Å²) in [5.74, 6) is 1.31. The Morgan fingerprint density at radius 3 is 2.37 bits per heavy atom. The molecule has 0 aromatic heterocycles. The molecule has 9 heteroatoms. The first kappa shape index (κ1) is 24.0. The highest BCUT2D eigenvalue weighted by molar-refractivity contribution is 7.89. The number of carbonyl (C=O) groups is 1. The van der Waals surface area contributed by atoms with Crippen molar-refractivity contribution < 1.29 is 22.7 Å². The summed E-state index contributed by atoms with van der Waals surface area (Å²) >= 11 is 4.24. The number of ether oxygens (including phenoxy) is 2. The number of nitrogens with zero attached hydrogens (tertiary/aromatic N) is 1. The first-order valence-corrected chi connectivity index (χ1v) is 11.5. The van der Waals surface area contributed by atoms with E-state index in [-0.39, 0.29) is 17.3 Å². The highest BCUT2D eigenvalue weighted by Gasteiger charge is 2.26. The van der Waals surface area contributed by atoms with Crippen LogP contribution in [0.5, 0.6) is 11.5 Å². The van der Waals surface area contributed by atoms with Gasteiger partial charge in [-0.15, -0.1) is 0 Å². The lowest BCUT2D eigenvalue weighted by Gasteiger charge is -2.26. The average Bonchev–Trinajstić information content (AvgIpc) is 2.73. The number of benzene rings is 2. The maximum absolute atomic E-state index is 13.0. The molecule has 1 unspecified atom stereocenters. The molecule has 2 aromatic carbocycles. The smallest absolute Gasteiger partial charge is 0.241 e. The number of hydrogen-bond donors (Lipinski definition) is 2. The topological polar surface area (TPSA) is 84.9 Å². The Hall–Kier alpha value is -2.23. The molecular formula is C21H28N2O5S2. The molecule has 1 amide bonds. The molecule has 0 radical (unpaired) electrons. The number of sulfonamides is 1. The van der Waals surface area contributed by atoms with Crippen molar-refractivity contribution in [3.05, 3.63) is 53.6 Å². The van der Waals surface area contributed by atoms with Gasteiger partial charge in [-0.1, -0.05) is 17.7 Å². The Morgan fingerprint density at radius 1 is 1.13 bits per heavy atom. The van der Waals surface area contributed by atoms with Crippen LogP contribution >= 0.6 is 12.6 Å². The Labute approximate surface area is 183 Å². The highest BCUT2D eigenvalue weighted by Crippen LogP contribution is 2.26. The van der Waals surface area contributed by atoms with E-state index in [9.17, 15) is 13.2 Å². The van der Waals surface area contributed by atoms with Crippen LogP contribution in [0.1, 0.15) is 18.1 Å². The normalized spacial score (nSPS) is 12.3. The summed E-state index contributed by atoms with van der Waals surface area (Å²) in [5.41, 5.74) is 1.73. The number of hydrogen-bond acceptors (Lipinski definition) is 6. The SMILES string of the molecule is COc1ccc(CN(CCS)C(=O)C(C)NS(=O)(=O)c2ccc(C)cc2)c(OC)c1. The number of methoxy groups -OCH3 is 2. The molecule has 0 spiro atoms. The standard InChI is InChI=1S/C21H28N2O5S2/c1-15-5-9-19(10-6-15)30(25,26)22-16(2)21(24)23(11-12-29)14-17-7-8-18(27-3)13-20(17)28-4/h5-10,13,16,22,29H,11-12,14H2,1-4H3. The Bertz CT molecular complexity index is 962. The summed E-state index contributed by atoms with van der Waals surface area (Å²) in [6.45, 7) is 4.01. The van der Waals surface area contributed by atoms with Gasteiger partial charge in [-0.2, -0.15) is 17.4 Å². The minimum atomic E-state index is -3.82. The molecule has 0 saturated carbocycles. The van der Waals surface area contributed by atoms with Crippen molar-refractivity contribution in [2.24, 2.45) is 0 Å². The maximum Gasteiger partial charge on any atom is 0.241 e. The summed E-state index contributed by atoms with van der Waals surface area (Å²) in [4.78, 5) is 14.7. The molecule has 30 heavy (non-hydrogen) atoms. The number of carbonyl (C=O) groups excluding carboxylic acids is 1. The molecule has 0 aliphatic heterocycles. The van der Waals surface area contributed by atoms with E-state index in [0.29, 0.717) is 23.8 Å². The van der Waals surface area contributed by atoms with Gasteiger partial charge in [0, 0.05) is 30.5 Å². The van der Waals surface area contributed by atoms with Gasteiger partial charge in [0.15, 0.2) is 0 Å². The second-order valence-electron chi connectivity index (χ2n) is 6.82. The van der Waals surface area contributed by atoms with E-state index in [1.807, 2.05) is 13.0 Å². The predicted octanol–water partition coefficient (Wildman–Crippen LogP) is 2.64. The van der Waals surface area contributed by atoms with E-state index < -0.39 is 16.1 Å². The van der Waals surface area contributed by atoms with Crippen LogP contribution in [-0.4, -0.2) is 51.8 Å². The van der Waals surface area contributed by atoms with E-state index >= 15 is 0 Å². The second-order valence-corrected chi connectivity index (χ2v) is 8.98. The van der Waals surface area contributed by atoms with Crippen LogP contribution in [0.4, 0.5) is 0 Å². The summed E-state index contributed by atoms with van der Waals surface area (Å²) < 4.78 is 38.4. The number of amides is 1. The van der Waals surface area contributed by atoms with Gasteiger partial charge in [0.05, 0.1) is 25.2 Å².